The van der Waals surface area contributed by atoms with E-state index < -0.39 is 17.2 Å². The second kappa shape index (κ2) is 8.34. The van der Waals surface area contributed by atoms with Crippen molar-refractivity contribution in [2.45, 2.75) is 20.4 Å². The number of thiophene rings is 1. The van der Waals surface area contributed by atoms with E-state index in [9.17, 15) is 14.4 Å². The lowest BCUT2D eigenvalue weighted by Crippen LogP contribution is -2.40. The quantitative estimate of drug-likeness (QED) is 0.463. The normalized spacial score (nSPS) is 11.1. The molecule has 1 N–H and O–H groups in total. The van der Waals surface area contributed by atoms with Crippen LogP contribution in [0.1, 0.15) is 11.1 Å². The summed E-state index contributed by atoms with van der Waals surface area (Å²) in [6, 6.07) is 11.8. The van der Waals surface area contributed by atoms with Crippen molar-refractivity contribution in [3.63, 3.8) is 0 Å². The lowest BCUT2D eigenvalue weighted by molar-refractivity contribution is -0.116. The van der Waals surface area contributed by atoms with Crippen LogP contribution in [0.2, 0.25) is 10.0 Å². The first-order chi connectivity index (χ1) is 14.7. The van der Waals surface area contributed by atoms with Crippen LogP contribution < -0.4 is 16.6 Å². The predicted octanol–water partition coefficient (Wildman–Crippen LogP) is 4.78. The molecule has 0 saturated heterocycles. The number of rotatable bonds is 4. The fourth-order valence-corrected chi connectivity index (χ4v) is 4.83. The van der Waals surface area contributed by atoms with E-state index in [2.05, 4.69) is 5.32 Å². The molecule has 158 valence electrons. The molecule has 2 aromatic carbocycles. The van der Waals surface area contributed by atoms with Gasteiger partial charge in [0, 0.05) is 15.7 Å². The number of nitrogens with one attached hydrogen (secondary N) is 1. The van der Waals surface area contributed by atoms with Crippen molar-refractivity contribution in [2.24, 2.45) is 0 Å². The Balaban J connectivity index is 1.81. The summed E-state index contributed by atoms with van der Waals surface area (Å²) in [5.74, 6) is -0.446. The number of hydrogen-bond donors (Lipinski definition) is 1. The van der Waals surface area contributed by atoms with E-state index in [-0.39, 0.29) is 6.54 Å². The Kier molecular flexibility index (Phi) is 5.75. The van der Waals surface area contributed by atoms with Crippen LogP contribution in [-0.4, -0.2) is 15.0 Å². The SMILES string of the molecule is Cc1ccc(-n2c(=O)c3sccc3n(CC(=O)Nc3cc(Cl)cc(Cl)c3)c2=O)c(C)c1. The van der Waals surface area contributed by atoms with Crippen molar-refractivity contribution in [3.05, 3.63) is 89.9 Å². The molecule has 2 aromatic heterocycles. The van der Waals surface area contributed by atoms with Gasteiger partial charge in [-0.25, -0.2) is 9.36 Å². The summed E-state index contributed by atoms with van der Waals surface area (Å²) in [6.45, 7) is 3.50. The third-order valence-corrected chi connectivity index (χ3v) is 6.12. The summed E-state index contributed by atoms with van der Waals surface area (Å²) in [6.07, 6.45) is 0. The fourth-order valence-electron chi connectivity index (χ4n) is 3.48. The number of halogens is 2. The van der Waals surface area contributed by atoms with Crippen molar-refractivity contribution < 1.29 is 4.79 Å². The maximum Gasteiger partial charge on any atom is 0.336 e. The van der Waals surface area contributed by atoms with Gasteiger partial charge in [0.1, 0.15) is 11.2 Å². The average molecular weight is 474 g/mol. The van der Waals surface area contributed by atoms with Gasteiger partial charge < -0.3 is 5.32 Å². The summed E-state index contributed by atoms with van der Waals surface area (Å²) in [5.41, 5.74) is 2.15. The number of benzene rings is 2. The topological polar surface area (TPSA) is 73.1 Å². The van der Waals surface area contributed by atoms with Crippen LogP contribution >= 0.6 is 34.5 Å². The van der Waals surface area contributed by atoms with Gasteiger partial charge in [0.05, 0.1) is 11.2 Å². The van der Waals surface area contributed by atoms with Crippen LogP contribution in [0, 0.1) is 13.8 Å². The number of amides is 1. The monoisotopic (exact) mass is 473 g/mol. The van der Waals surface area contributed by atoms with E-state index in [0.29, 0.717) is 31.6 Å². The Hall–Kier alpha value is -2.87. The first-order valence-electron chi connectivity index (χ1n) is 9.31. The number of aryl methyl sites for hydroxylation is 2. The lowest BCUT2D eigenvalue weighted by atomic mass is 10.1. The summed E-state index contributed by atoms with van der Waals surface area (Å²) < 4.78 is 2.82. The molecule has 2 heterocycles. The first-order valence-corrected chi connectivity index (χ1v) is 10.9. The summed E-state index contributed by atoms with van der Waals surface area (Å²) in [7, 11) is 0. The molecule has 31 heavy (non-hydrogen) atoms. The summed E-state index contributed by atoms with van der Waals surface area (Å²) in [5, 5.41) is 5.18. The molecular formula is C22H17Cl2N3O3S. The molecular weight excluding hydrogens is 457 g/mol. The van der Waals surface area contributed by atoms with Gasteiger partial charge in [0.15, 0.2) is 0 Å². The Morgan fingerprint density at radius 3 is 2.42 bits per heavy atom. The average Bonchev–Trinajstić information content (AvgIpc) is 3.16. The Morgan fingerprint density at radius 1 is 1.03 bits per heavy atom. The van der Waals surface area contributed by atoms with Crippen molar-refractivity contribution in [2.75, 3.05) is 5.32 Å². The zero-order chi connectivity index (χ0) is 22.3. The van der Waals surface area contributed by atoms with Crippen LogP contribution in [0.5, 0.6) is 0 Å². The van der Waals surface area contributed by atoms with Gasteiger partial charge in [0.2, 0.25) is 5.91 Å². The molecule has 9 heteroatoms. The molecule has 4 aromatic rings. The molecule has 0 aliphatic rings. The molecule has 0 fully saturated rings. The van der Waals surface area contributed by atoms with Gasteiger partial charge in [-0.3, -0.25) is 14.2 Å². The van der Waals surface area contributed by atoms with Crippen LogP contribution in [0.25, 0.3) is 15.9 Å². The number of aromatic nitrogens is 2. The van der Waals surface area contributed by atoms with Crippen molar-refractivity contribution >= 4 is 56.3 Å². The molecule has 0 atom stereocenters. The molecule has 0 aliphatic heterocycles. The molecule has 0 spiro atoms. The Bertz CT molecular complexity index is 1430. The Morgan fingerprint density at radius 2 is 1.74 bits per heavy atom. The number of anilines is 1. The molecule has 0 radical (unpaired) electrons. The second-order valence-electron chi connectivity index (χ2n) is 7.14. The lowest BCUT2D eigenvalue weighted by Gasteiger charge is -2.14. The predicted molar refractivity (Wildman–Crippen MR) is 126 cm³/mol. The number of nitrogens with zero attached hydrogens (tertiary/aromatic N) is 2. The molecule has 0 unspecified atom stereocenters. The highest BCUT2D eigenvalue weighted by Crippen LogP contribution is 2.23. The number of carbonyl (C=O) groups is 1. The number of fused-ring (bicyclic) bond motifs is 1. The van der Waals surface area contributed by atoms with Gasteiger partial charge in [-0.1, -0.05) is 40.9 Å². The van der Waals surface area contributed by atoms with E-state index in [4.69, 9.17) is 23.2 Å². The van der Waals surface area contributed by atoms with Gasteiger partial charge in [-0.05, 0) is 55.1 Å². The van der Waals surface area contributed by atoms with Gasteiger partial charge in [-0.2, -0.15) is 0 Å². The van der Waals surface area contributed by atoms with Gasteiger partial charge >= 0.3 is 5.69 Å². The highest BCUT2D eigenvalue weighted by molar-refractivity contribution is 7.17. The van der Waals surface area contributed by atoms with E-state index in [1.807, 2.05) is 26.0 Å². The third kappa shape index (κ3) is 4.17. The fraction of sp³-hybridized carbons (Fsp3) is 0.136. The van der Waals surface area contributed by atoms with Crippen LogP contribution in [-0.2, 0) is 11.3 Å². The van der Waals surface area contributed by atoms with Gasteiger partial charge in [0.25, 0.3) is 5.56 Å². The second-order valence-corrected chi connectivity index (χ2v) is 8.93. The largest absolute Gasteiger partial charge is 0.336 e. The summed E-state index contributed by atoms with van der Waals surface area (Å²) >= 11 is 13.2. The maximum absolute atomic E-state index is 13.3. The summed E-state index contributed by atoms with van der Waals surface area (Å²) in [4.78, 5) is 39.2. The van der Waals surface area contributed by atoms with Crippen molar-refractivity contribution in [1.82, 2.24) is 9.13 Å². The standard InChI is InChI=1S/C22H17Cl2N3O3S/c1-12-3-4-17(13(2)7-12)27-21(29)20-18(5-6-31-20)26(22(27)30)11-19(28)25-16-9-14(23)8-15(24)10-16/h3-10H,11H2,1-2H3,(H,25,28). The molecule has 0 bridgehead atoms. The van der Waals surface area contributed by atoms with E-state index in [1.54, 1.807) is 35.7 Å². The zero-order valence-corrected chi connectivity index (χ0v) is 18.9. The van der Waals surface area contributed by atoms with Crippen LogP contribution in [0.3, 0.4) is 0 Å². The number of hydrogen-bond acceptors (Lipinski definition) is 4. The van der Waals surface area contributed by atoms with Crippen molar-refractivity contribution in [1.29, 1.82) is 0 Å². The smallest absolute Gasteiger partial charge is 0.324 e. The molecule has 0 aliphatic carbocycles. The molecule has 1 amide bonds. The first kappa shape index (κ1) is 21.4. The molecule has 4 rings (SSSR count). The third-order valence-electron chi connectivity index (χ3n) is 4.80. The zero-order valence-electron chi connectivity index (χ0n) is 16.6. The van der Waals surface area contributed by atoms with Crippen LogP contribution in [0.15, 0.2) is 57.4 Å². The maximum atomic E-state index is 13.3. The highest BCUT2D eigenvalue weighted by atomic mass is 35.5. The van der Waals surface area contributed by atoms with Crippen molar-refractivity contribution in [3.8, 4) is 5.69 Å². The van der Waals surface area contributed by atoms with E-state index >= 15 is 0 Å². The minimum Gasteiger partial charge on any atom is -0.324 e. The van der Waals surface area contributed by atoms with E-state index in [1.165, 1.54) is 15.9 Å². The highest BCUT2D eigenvalue weighted by Gasteiger charge is 2.18. The molecule has 0 saturated carbocycles. The Labute approximate surface area is 191 Å². The number of carbonyl (C=O) groups excluding carboxylic acids is 1. The minimum absolute atomic E-state index is 0.276. The minimum atomic E-state index is -0.581. The van der Waals surface area contributed by atoms with E-state index in [0.717, 1.165) is 15.7 Å². The van der Waals surface area contributed by atoms with Gasteiger partial charge in [-0.15, -0.1) is 11.3 Å². The molecule has 6 nitrogen and oxygen atoms in total. The van der Waals surface area contributed by atoms with Crippen LogP contribution in [0.4, 0.5) is 5.69 Å².